The molecule has 1 aromatic heterocycles. The van der Waals surface area contributed by atoms with Gasteiger partial charge in [0.2, 0.25) is 0 Å². The largest absolute Gasteiger partial charge is 0.465 e. The quantitative estimate of drug-likeness (QED) is 0.565. The first-order chi connectivity index (χ1) is 7.67. The molecule has 1 heterocycles. The molecule has 0 saturated heterocycles. The highest BCUT2D eigenvalue weighted by Gasteiger charge is 2.09. The van der Waals surface area contributed by atoms with Crippen LogP contribution in [0.25, 0.3) is 0 Å². The Morgan fingerprint density at radius 3 is 2.94 bits per heavy atom. The molecule has 5 nitrogen and oxygen atoms in total. The zero-order chi connectivity index (χ0) is 12.0. The van der Waals surface area contributed by atoms with Crippen LogP contribution in [0.4, 0.5) is 0 Å². The second kappa shape index (κ2) is 5.88. The summed E-state index contributed by atoms with van der Waals surface area (Å²) in [6, 6.07) is 0. The molecule has 0 saturated carbocycles. The zero-order valence-corrected chi connectivity index (χ0v) is 9.59. The van der Waals surface area contributed by atoms with Crippen molar-refractivity contribution in [2.24, 2.45) is 0 Å². The Labute approximate surface area is 96.4 Å². The van der Waals surface area contributed by atoms with E-state index in [1.807, 2.05) is 0 Å². The van der Waals surface area contributed by atoms with Crippen molar-refractivity contribution in [1.29, 1.82) is 0 Å². The van der Waals surface area contributed by atoms with Gasteiger partial charge in [-0.3, -0.25) is 0 Å². The van der Waals surface area contributed by atoms with Gasteiger partial charge in [0.25, 0.3) is 0 Å². The molecule has 0 spiro atoms. The molecule has 0 aliphatic heterocycles. The maximum atomic E-state index is 11.1. The predicted octanol–water partition coefficient (Wildman–Crippen LogP) is 0.844. The summed E-state index contributed by atoms with van der Waals surface area (Å²) in [5.74, 6) is 3.67. The highest BCUT2D eigenvalue weighted by Crippen LogP contribution is 2.12. The van der Waals surface area contributed by atoms with Crippen LogP contribution in [0.3, 0.4) is 0 Å². The van der Waals surface area contributed by atoms with Crippen LogP contribution in [0, 0.1) is 11.8 Å². The Morgan fingerprint density at radius 1 is 1.56 bits per heavy atom. The number of thiazole rings is 1. The molecule has 0 bridgehead atoms. The van der Waals surface area contributed by atoms with E-state index in [1.165, 1.54) is 13.3 Å². The van der Waals surface area contributed by atoms with Crippen LogP contribution in [0.5, 0.6) is 0 Å². The van der Waals surface area contributed by atoms with Gasteiger partial charge in [-0.15, -0.1) is 0 Å². The SMILES string of the molecule is CCOC(=O)C#Cc1ncc(C(=O)OC)s1. The van der Waals surface area contributed by atoms with Gasteiger partial charge in [0, 0.05) is 5.92 Å². The van der Waals surface area contributed by atoms with Crippen molar-refractivity contribution in [3.63, 3.8) is 0 Å². The molecular weight excluding hydrogens is 230 g/mol. The van der Waals surface area contributed by atoms with E-state index in [4.69, 9.17) is 0 Å². The maximum absolute atomic E-state index is 11.1. The van der Waals surface area contributed by atoms with Gasteiger partial charge < -0.3 is 9.47 Å². The van der Waals surface area contributed by atoms with Crippen LogP contribution in [0.1, 0.15) is 21.6 Å². The minimum absolute atomic E-state index is 0.277. The molecule has 0 radical (unpaired) electrons. The first-order valence-corrected chi connectivity index (χ1v) is 5.22. The van der Waals surface area contributed by atoms with Crippen LogP contribution in [0.2, 0.25) is 0 Å². The molecule has 0 aliphatic rings. The van der Waals surface area contributed by atoms with Crippen molar-refractivity contribution in [2.75, 3.05) is 13.7 Å². The van der Waals surface area contributed by atoms with Gasteiger partial charge in [0.1, 0.15) is 4.88 Å². The number of carbonyl (C=O) groups is 2. The highest BCUT2D eigenvalue weighted by atomic mass is 32.1. The number of ether oxygens (including phenoxy) is 2. The van der Waals surface area contributed by atoms with E-state index in [2.05, 4.69) is 26.3 Å². The lowest BCUT2D eigenvalue weighted by atomic mass is 10.5. The molecule has 1 aromatic rings. The molecule has 0 unspecified atom stereocenters. The number of rotatable bonds is 2. The molecule has 84 valence electrons. The van der Waals surface area contributed by atoms with Crippen LogP contribution >= 0.6 is 11.3 Å². The molecule has 0 fully saturated rings. The summed E-state index contributed by atoms with van der Waals surface area (Å²) in [6.45, 7) is 1.97. The summed E-state index contributed by atoms with van der Waals surface area (Å²) in [5.41, 5.74) is 0. The lowest BCUT2D eigenvalue weighted by Crippen LogP contribution is -1.99. The maximum Gasteiger partial charge on any atom is 0.384 e. The average Bonchev–Trinajstić information content (AvgIpc) is 2.74. The standard InChI is InChI=1S/C10H9NO4S/c1-3-15-9(12)5-4-8-11-6-7(16-8)10(13)14-2/h6H,3H2,1-2H3. The Kier molecular flexibility index (Phi) is 4.48. The van der Waals surface area contributed by atoms with Crippen molar-refractivity contribution in [3.05, 3.63) is 16.1 Å². The molecule has 0 aromatic carbocycles. The molecular formula is C10H9NO4S. The Bertz CT molecular complexity index is 455. The van der Waals surface area contributed by atoms with E-state index < -0.39 is 11.9 Å². The third-order valence-electron chi connectivity index (χ3n) is 1.44. The van der Waals surface area contributed by atoms with E-state index in [0.717, 1.165) is 11.3 Å². The number of esters is 2. The van der Waals surface area contributed by atoms with Gasteiger partial charge in [-0.2, -0.15) is 0 Å². The fourth-order valence-electron chi connectivity index (χ4n) is 0.799. The summed E-state index contributed by atoms with van der Waals surface area (Å²) < 4.78 is 9.12. The average molecular weight is 239 g/mol. The number of methoxy groups -OCH3 is 1. The second-order valence-electron chi connectivity index (χ2n) is 2.49. The Balaban J connectivity index is 2.72. The van der Waals surface area contributed by atoms with E-state index in [-0.39, 0.29) is 6.61 Å². The number of aromatic nitrogens is 1. The summed E-state index contributed by atoms with van der Waals surface area (Å²) in [5, 5.41) is 0.369. The number of nitrogens with zero attached hydrogens (tertiary/aromatic N) is 1. The van der Waals surface area contributed by atoms with Gasteiger partial charge >= 0.3 is 11.9 Å². The second-order valence-corrected chi connectivity index (χ2v) is 3.52. The van der Waals surface area contributed by atoms with Crippen LogP contribution in [0.15, 0.2) is 6.20 Å². The van der Waals surface area contributed by atoms with Crippen LogP contribution in [-0.4, -0.2) is 30.6 Å². The van der Waals surface area contributed by atoms with Gasteiger partial charge in [-0.1, -0.05) is 11.3 Å². The summed E-state index contributed by atoms with van der Waals surface area (Å²) in [7, 11) is 1.28. The predicted molar refractivity (Wildman–Crippen MR) is 57.0 cm³/mol. The van der Waals surface area contributed by atoms with E-state index >= 15 is 0 Å². The normalized spacial score (nSPS) is 8.88. The van der Waals surface area contributed by atoms with Gasteiger partial charge in [0.05, 0.1) is 19.9 Å². The monoisotopic (exact) mass is 239 g/mol. The third kappa shape index (κ3) is 3.37. The van der Waals surface area contributed by atoms with Crippen molar-refractivity contribution in [2.45, 2.75) is 6.92 Å². The number of hydrogen-bond donors (Lipinski definition) is 0. The van der Waals surface area contributed by atoms with E-state index in [0.29, 0.717) is 9.88 Å². The smallest absolute Gasteiger partial charge is 0.384 e. The van der Waals surface area contributed by atoms with E-state index in [1.54, 1.807) is 6.92 Å². The van der Waals surface area contributed by atoms with Crippen molar-refractivity contribution < 1.29 is 19.1 Å². The first kappa shape index (κ1) is 12.2. The third-order valence-corrected chi connectivity index (χ3v) is 2.33. The first-order valence-electron chi connectivity index (χ1n) is 4.40. The molecule has 6 heteroatoms. The number of hydrogen-bond acceptors (Lipinski definition) is 6. The fourth-order valence-corrected chi connectivity index (χ4v) is 1.49. The van der Waals surface area contributed by atoms with Crippen molar-refractivity contribution in [3.8, 4) is 11.8 Å². The topological polar surface area (TPSA) is 65.5 Å². The van der Waals surface area contributed by atoms with Gasteiger partial charge in [-0.25, -0.2) is 14.6 Å². The van der Waals surface area contributed by atoms with Gasteiger partial charge in [-0.05, 0) is 12.8 Å². The minimum atomic E-state index is -0.614. The van der Waals surface area contributed by atoms with E-state index in [9.17, 15) is 9.59 Å². The molecule has 0 atom stereocenters. The highest BCUT2D eigenvalue weighted by molar-refractivity contribution is 7.14. The Morgan fingerprint density at radius 2 is 2.31 bits per heavy atom. The summed E-state index contributed by atoms with van der Waals surface area (Å²) in [6.07, 6.45) is 1.35. The van der Waals surface area contributed by atoms with Crippen molar-refractivity contribution in [1.82, 2.24) is 4.98 Å². The van der Waals surface area contributed by atoms with Gasteiger partial charge in [0.15, 0.2) is 5.01 Å². The zero-order valence-electron chi connectivity index (χ0n) is 8.77. The fraction of sp³-hybridized carbons (Fsp3) is 0.300. The molecule has 0 N–H and O–H groups in total. The number of carbonyl (C=O) groups excluding carboxylic acids is 2. The van der Waals surface area contributed by atoms with Crippen molar-refractivity contribution >= 4 is 23.3 Å². The summed E-state index contributed by atoms with van der Waals surface area (Å²) >= 11 is 1.06. The molecule has 0 aliphatic carbocycles. The Hall–Kier alpha value is -1.87. The molecule has 16 heavy (non-hydrogen) atoms. The molecule has 1 rings (SSSR count). The summed E-state index contributed by atoms with van der Waals surface area (Å²) in [4.78, 5) is 26.2. The lowest BCUT2D eigenvalue weighted by molar-refractivity contribution is -0.136. The van der Waals surface area contributed by atoms with Crippen LogP contribution in [-0.2, 0) is 14.3 Å². The lowest BCUT2D eigenvalue weighted by Gasteiger charge is -1.90. The minimum Gasteiger partial charge on any atom is -0.465 e. The molecule has 0 amide bonds. The van der Waals surface area contributed by atoms with Crippen LogP contribution < -0.4 is 0 Å².